The highest BCUT2D eigenvalue weighted by atomic mass is 16.3. The van der Waals surface area contributed by atoms with Gasteiger partial charge >= 0.3 is 0 Å². The van der Waals surface area contributed by atoms with E-state index >= 15 is 0 Å². The molecule has 12 aromatic rings. The quantitative estimate of drug-likeness (QED) is 0.158. The molecule has 10 aromatic carbocycles. The van der Waals surface area contributed by atoms with E-state index in [1.165, 1.54) is 48.9 Å². The maximum atomic E-state index is 6.44. The highest BCUT2D eigenvalue weighted by molar-refractivity contribution is 6.11. The van der Waals surface area contributed by atoms with Gasteiger partial charge in [0.1, 0.15) is 11.2 Å². The van der Waals surface area contributed by atoms with Gasteiger partial charge in [0, 0.05) is 49.7 Å². The second-order valence-corrected chi connectivity index (χ2v) is 15.3. The smallest absolute Gasteiger partial charge is 0.143 e. The summed E-state index contributed by atoms with van der Waals surface area (Å²) in [5.41, 5.74) is 13.2. The Hall–Kier alpha value is -7.88. The van der Waals surface area contributed by atoms with E-state index in [-0.39, 0.29) is 0 Å². The molecule has 59 heavy (non-hydrogen) atoms. The lowest BCUT2D eigenvalue weighted by molar-refractivity contribution is 0.670. The first-order valence-electron chi connectivity index (χ1n) is 20.2. The van der Waals surface area contributed by atoms with Gasteiger partial charge in [0.05, 0.1) is 16.7 Å². The van der Waals surface area contributed by atoms with Crippen molar-refractivity contribution in [3.63, 3.8) is 0 Å². The van der Waals surface area contributed by atoms with Gasteiger partial charge in [-0.2, -0.15) is 0 Å². The monoisotopic (exact) mass is 752 g/mol. The van der Waals surface area contributed by atoms with Crippen molar-refractivity contribution in [1.82, 2.24) is 4.57 Å². The normalized spacial score (nSPS) is 11.7. The van der Waals surface area contributed by atoms with Crippen LogP contribution in [0.4, 0.5) is 17.1 Å². The lowest BCUT2D eigenvalue weighted by Crippen LogP contribution is -2.10. The SMILES string of the molecule is c1ccc(-n2c3ccccc3c3ccccc32)c(-c2ccc(N(c3ccc(-c4cccc5c4oc4ccccc45)cc3)c3ccc4c(ccc5ccccc54)c3)cc2)c1. The summed E-state index contributed by atoms with van der Waals surface area (Å²) >= 11 is 0. The van der Waals surface area contributed by atoms with Crippen LogP contribution in [0.3, 0.4) is 0 Å². The fraction of sp³-hybridized carbons (Fsp3) is 0. The average molecular weight is 753 g/mol. The van der Waals surface area contributed by atoms with E-state index in [9.17, 15) is 0 Å². The summed E-state index contributed by atoms with van der Waals surface area (Å²) < 4.78 is 8.84. The highest BCUT2D eigenvalue weighted by Crippen LogP contribution is 2.42. The van der Waals surface area contributed by atoms with Crippen LogP contribution in [0.1, 0.15) is 0 Å². The number of nitrogens with zero attached hydrogens (tertiary/aromatic N) is 2. The van der Waals surface area contributed by atoms with Crippen LogP contribution in [0.2, 0.25) is 0 Å². The molecule has 0 fully saturated rings. The first-order valence-corrected chi connectivity index (χ1v) is 20.2. The number of benzene rings is 10. The van der Waals surface area contributed by atoms with Crippen molar-refractivity contribution in [3.05, 3.63) is 218 Å². The van der Waals surface area contributed by atoms with Crippen molar-refractivity contribution in [2.75, 3.05) is 4.90 Å². The van der Waals surface area contributed by atoms with Gasteiger partial charge in [0.25, 0.3) is 0 Å². The predicted octanol–water partition coefficient (Wildman–Crippen LogP) is 15.8. The minimum atomic E-state index is 0.906. The summed E-state index contributed by atoms with van der Waals surface area (Å²) in [5, 5.41) is 9.74. The van der Waals surface area contributed by atoms with Gasteiger partial charge in [-0.1, -0.05) is 158 Å². The van der Waals surface area contributed by atoms with Crippen molar-refractivity contribution >= 4 is 82.4 Å². The molecule has 3 nitrogen and oxygen atoms in total. The van der Waals surface area contributed by atoms with E-state index in [0.29, 0.717) is 0 Å². The average Bonchev–Trinajstić information content (AvgIpc) is 3.86. The number of rotatable bonds is 6. The van der Waals surface area contributed by atoms with Crippen molar-refractivity contribution in [2.45, 2.75) is 0 Å². The van der Waals surface area contributed by atoms with Crippen LogP contribution in [0.15, 0.2) is 223 Å². The fourth-order valence-corrected chi connectivity index (χ4v) is 9.24. The molecule has 0 aliphatic carbocycles. The molecule has 2 aromatic heterocycles. The molecule has 12 rings (SSSR count). The van der Waals surface area contributed by atoms with Crippen LogP contribution in [0, 0.1) is 0 Å². The van der Waals surface area contributed by atoms with Crippen LogP contribution in [-0.2, 0) is 0 Å². The molecular formula is C56H36N2O. The molecule has 3 heteroatoms. The number of aromatic nitrogens is 1. The number of furan rings is 1. The summed E-state index contributed by atoms with van der Waals surface area (Å²) in [4.78, 5) is 2.36. The molecule has 0 unspecified atom stereocenters. The summed E-state index contributed by atoms with van der Waals surface area (Å²) in [6, 6.07) is 78.7. The lowest BCUT2D eigenvalue weighted by atomic mass is 10.00. The molecule has 0 saturated carbocycles. The number of fused-ring (bicyclic) bond motifs is 9. The van der Waals surface area contributed by atoms with Gasteiger partial charge in [0.2, 0.25) is 0 Å². The largest absolute Gasteiger partial charge is 0.455 e. The Morgan fingerprint density at radius 2 is 0.864 bits per heavy atom. The van der Waals surface area contributed by atoms with Crippen molar-refractivity contribution in [3.8, 4) is 27.9 Å². The third kappa shape index (κ3) is 5.36. The minimum Gasteiger partial charge on any atom is -0.455 e. The Kier molecular flexibility index (Phi) is 7.54. The molecule has 0 radical (unpaired) electrons. The Labute approximate surface area is 341 Å². The van der Waals surface area contributed by atoms with Crippen molar-refractivity contribution in [1.29, 1.82) is 0 Å². The fourth-order valence-electron chi connectivity index (χ4n) is 9.24. The maximum absolute atomic E-state index is 6.44. The minimum absolute atomic E-state index is 0.906. The van der Waals surface area contributed by atoms with E-state index in [4.69, 9.17) is 4.42 Å². The Balaban J connectivity index is 0.983. The van der Waals surface area contributed by atoms with Crippen LogP contribution in [0.5, 0.6) is 0 Å². The molecule has 276 valence electrons. The van der Waals surface area contributed by atoms with E-state index in [0.717, 1.165) is 61.4 Å². The molecule has 2 heterocycles. The lowest BCUT2D eigenvalue weighted by Gasteiger charge is -2.26. The molecule has 0 saturated heterocycles. The Morgan fingerprint density at radius 1 is 0.339 bits per heavy atom. The second kappa shape index (κ2) is 13.4. The Morgan fingerprint density at radius 3 is 1.61 bits per heavy atom. The first-order chi connectivity index (χ1) is 29.3. The standard InChI is InChI=1S/C56H36N2O/c1-2-13-44-37(12-1)24-25-40-36-43(34-35-45(40)44)57(42-32-28-39(29-33-42)47-18-11-19-51-50-17-6-10-23-55(50)59-56(47)51)41-30-26-38(27-31-41)46-14-3-7-20-52(46)58-53-21-8-4-15-48(53)49-16-5-9-22-54(49)58/h1-36H. The third-order valence-corrected chi connectivity index (χ3v) is 12.0. The topological polar surface area (TPSA) is 21.3 Å². The molecule has 0 amide bonds. The molecular weight excluding hydrogens is 717 g/mol. The predicted molar refractivity (Wildman–Crippen MR) is 249 cm³/mol. The van der Waals surface area contributed by atoms with E-state index < -0.39 is 0 Å². The summed E-state index contributed by atoms with van der Waals surface area (Å²) in [6.07, 6.45) is 0. The summed E-state index contributed by atoms with van der Waals surface area (Å²) in [5.74, 6) is 0. The van der Waals surface area contributed by atoms with Gasteiger partial charge in [0.15, 0.2) is 0 Å². The summed E-state index contributed by atoms with van der Waals surface area (Å²) in [6.45, 7) is 0. The van der Waals surface area contributed by atoms with Crippen LogP contribution >= 0.6 is 0 Å². The van der Waals surface area contributed by atoms with E-state index in [2.05, 4.69) is 216 Å². The molecule has 0 N–H and O–H groups in total. The van der Waals surface area contributed by atoms with E-state index in [1.807, 2.05) is 12.1 Å². The zero-order chi connectivity index (χ0) is 38.9. The zero-order valence-corrected chi connectivity index (χ0v) is 32.1. The van der Waals surface area contributed by atoms with Crippen LogP contribution < -0.4 is 4.90 Å². The molecule has 0 aliphatic heterocycles. The molecule has 0 spiro atoms. The first kappa shape index (κ1) is 33.3. The van der Waals surface area contributed by atoms with Crippen molar-refractivity contribution < 1.29 is 4.42 Å². The number of anilines is 3. The second-order valence-electron chi connectivity index (χ2n) is 15.3. The Bertz CT molecular complexity index is 3500. The number of hydrogen-bond donors (Lipinski definition) is 0. The number of para-hydroxylation sites is 5. The van der Waals surface area contributed by atoms with Crippen LogP contribution in [0.25, 0.3) is 93.2 Å². The highest BCUT2D eigenvalue weighted by Gasteiger charge is 2.18. The number of hydrogen-bond acceptors (Lipinski definition) is 2. The molecule has 0 aliphatic rings. The third-order valence-electron chi connectivity index (χ3n) is 12.0. The maximum Gasteiger partial charge on any atom is 0.143 e. The van der Waals surface area contributed by atoms with E-state index in [1.54, 1.807) is 0 Å². The zero-order valence-electron chi connectivity index (χ0n) is 32.1. The molecule has 0 bridgehead atoms. The van der Waals surface area contributed by atoms with Gasteiger partial charge in [-0.3, -0.25) is 0 Å². The van der Waals surface area contributed by atoms with Gasteiger partial charge in [-0.25, -0.2) is 0 Å². The molecule has 0 atom stereocenters. The van der Waals surface area contributed by atoms with Crippen LogP contribution in [-0.4, -0.2) is 4.57 Å². The van der Waals surface area contributed by atoms with Crippen molar-refractivity contribution in [2.24, 2.45) is 0 Å². The summed E-state index contributed by atoms with van der Waals surface area (Å²) in [7, 11) is 0. The van der Waals surface area contributed by atoms with Gasteiger partial charge < -0.3 is 13.9 Å². The van der Waals surface area contributed by atoms with Gasteiger partial charge in [-0.05, 0) is 93.3 Å². The van der Waals surface area contributed by atoms with Gasteiger partial charge in [-0.15, -0.1) is 0 Å².